The van der Waals surface area contributed by atoms with Crippen LogP contribution >= 0.6 is 23.1 Å². The predicted octanol–water partition coefficient (Wildman–Crippen LogP) is 2.46. The molecule has 0 aliphatic rings. The summed E-state index contributed by atoms with van der Waals surface area (Å²) in [7, 11) is 0. The molecule has 0 radical (unpaired) electrons. The average molecular weight is 286 g/mol. The zero-order valence-corrected chi connectivity index (χ0v) is 10.5. The lowest BCUT2D eigenvalue weighted by molar-refractivity contribution is -0.385. The van der Waals surface area contributed by atoms with Gasteiger partial charge in [0, 0.05) is 11.8 Å². The Balaban J connectivity index is 2.11. The van der Waals surface area contributed by atoms with Crippen LogP contribution in [-0.2, 0) is 5.75 Å². The van der Waals surface area contributed by atoms with E-state index < -0.39 is 10.7 Å². The van der Waals surface area contributed by atoms with Gasteiger partial charge in [-0.3, -0.25) is 10.1 Å². The zero-order chi connectivity index (χ0) is 13.1. The molecule has 9 heteroatoms. The third-order valence-electron chi connectivity index (χ3n) is 1.94. The Morgan fingerprint density at radius 1 is 1.44 bits per heavy atom. The number of anilines is 1. The highest BCUT2D eigenvalue weighted by molar-refractivity contribution is 8.00. The number of halogens is 1. The van der Waals surface area contributed by atoms with Crippen molar-refractivity contribution in [1.82, 2.24) is 10.2 Å². The highest BCUT2D eigenvalue weighted by atomic mass is 32.2. The first-order chi connectivity index (χ1) is 8.54. The zero-order valence-electron chi connectivity index (χ0n) is 8.87. The summed E-state index contributed by atoms with van der Waals surface area (Å²) in [6.45, 7) is 0. The molecule has 18 heavy (non-hydrogen) atoms. The van der Waals surface area contributed by atoms with Gasteiger partial charge in [0.25, 0.3) is 5.69 Å². The molecule has 0 aliphatic carbocycles. The monoisotopic (exact) mass is 286 g/mol. The fourth-order valence-electron chi connectivity index (χ4n) is 1.25. The lowest BCUT2D eigenvalue weighted by Crippen LogP contribution is -1.92. The number of hydrogen-bond acceptors (Lipinski definition) is 7. The normalized spacial score (nSPS) is 10.5. The highest BCUT2D eigenvalue weighted by Crippen LogP contribution is 2.28. The van der Waals surface area contributed by atoms with E-state index >= 15 is 0 Å². The topological polar surface area (TPSA) is 94.9 Å². The van der Waals surface area contributed by atoms with Crippen LogP contribution in [0.4, 0.5) is 15.2 Å². The minimum absolute atomic E-state index is 0.262. The van der Waals surface area contributed by atoms with E-state index in [1.54, 1.807) is 0 Å². The maximum Gasteiger partial charge on any atom is 0.272 e. The summed E-state index contributed by atoms with van der Waals surface area (Å²) in [5, 5.41) is 18.4. The van der Waals surface area contributed by atoms with Crippen LogP contribution in [0.3, 0.4) is 0 Å². The summed E-state index contributed by atoms with van der Waals surface area (Å²) in [5.74, 6) is -0.260. The van der Waals surface area contributed by atoms with Crippen molar-refractivity contribution < 1.29 is 9.31 Å². The molecule has 0 amide bonds. The first kappa shape index (κ1) is 12.7. The van der Waals surface area contributed by atoms with Gasteiger partial charge in [0.15, 0.2) is 4.34 Å². The molecule has 1 aromatic carbocycles. The molecule has 6 nitrogen and oxygen atoms in total. The van der Waals surface area contributed by atoms with Crippen LogP contribution in [0.5, 0.6) is 0 Å². The second-order valence-corrected chi connectivity index (χ2v) is 5.50. The second kappa shape index (κ2) is 5.27. The van der Waals surface area contributed by atoms with E-state index in [-0.39, 0.29) is 5.69 Å². The fourth-order valence-corrected chi connectivity index (χ4v) is 2.81. The number of aromatic nitrogens is 2. The van der Waals surface area contributed by atoms with E-state index in [1.165, 1.54) is 35.2 Å². The molecule has 2 aromatic rings. The van der Waals surface area contributed by atoms with Crippen LogP contribution < -0.4 is 5.73 Å². The number of non-ortho nitro benzene ring substituents is 1. The SMILES string of the molecule is Nc1nnc(SCc2cc(F)cc([N+](=O)[O-])c2)s1. The van der Waals surface area contributed by atoms with E-state index in [4.69, 9.17) is 5.73 Å². The number of thioether (sulfide) groups is 1. The van der Waals surface area contributed by atoms with Gasteiger partial charge in [-0.05, 0) is 11.6 Å². The smallest absolute Gasteiger partial charge is 0.272 e. The van der Waals surface area contributed by atoms with Crippen molar-refractivity contribution in [3.05, 3.63) is 39.7 Å². The van der Waals surface area contributed by atoms with Crippen molar-refractivity contribution in [2.45, 2.75) is 10.1 Å². The van der Waals surface area contributed by atoms with E-state index in [0.717, 1.165) is 6.07 Å². The van der Waals surface area contributed by atoms with Crippen molar-refractivity contribution in [2.24, 2.45) is 0 Å². The van der Waals surface area contributed by atoms with E-state index in [9.17, 15) is 14.5 Å². The maximum atomic E-state index is 13.2. The van der Waals surface area contributed by atoms with Gasteiger partial charge in [-0.1, -0.05) is 23.1 Å². The molecule has 0 saturated carbocycles. The number of rotatable bonds is 4. The molecule has 1 heterocycles. The maximum absolute atomic E-state index is 13.2. The number of benzene rings is 1. The van der Waals surface area contributed by atoms with Gasteiger partial charge in [-0.15, -0.1) is 10.2 Å². The molecule has 0 unspecified atom stereocenters. The number of nitro benzene ring substituents is 1. The molecule has 0 fully saturated rings. The first-order valence-electron chi connectivity index (χ1n) is 4.70. The summed E-state index contributed by atoms with van der Waals surface area (Å²) in [6, 6.07) is 3.47. The lowest BCUT2D eigenvalue weighted by atomic mass is 10.2. The molecule has 0 atom stereocenters. The minimum Gasteiger partial charge on any atom is -0.374 e. The molecule has 0 spiro atoms. The quantitative estimate of drug-likeness (QED) is 0.527. The number of nitrogens with two attached hydrogens (primary N) is 1. The van der Waals surface area contributed by atoms with Crippen molar-refractivity contribution in [3.63, 3.8) is 0 Å². The van der Waals surface area contributed by atoms with Crippen LogP contribution in [0.1, 0.15) is 5.56 Å². The van der Waals surface area contributed by atoms with E-state index in [0.29, 0.717) is 20.8 Å². The molecule has 2 rings (SSSR count). The van der Waals surface area contributed by atoms with Gasteiger partial charge in [0.1, 0.15) is 5.82 Å². The lowest BCUT2D eigenvalue weighted by Gasteiger charge is -1.99. The van der Waals surface area contributed by atoms with Gasteiger partial charge in [-0.25, -0.2) is 4.39 Å². The molecule has 0 bridgehead atoms. The summed E-state index contributed by atoms with van der Waals surface area (Å²) >= 11 is 2.51. The predicted molar refractivity (Wildman–Crippen MR) is 66.9 cm³/mol. The number of nitro groups is 1. The van der Waals surface area contributed by atoms with Crippen LogP contribution in [0.25, 0.3) is 0 Å². The van der Waals surface area contributed by atoms with Crippen LogP contribution in [0, 0.1) is 15.9 Å². The highest BCUT2D eigenvalue weighted by Gasteiger charge is 2.10. The molecule has 1 aromatic heterocycles. The fraction of sp³-hybridized carbons (Fsp3) is 0.111. The second-order valence-electron chi connectivity index (χ2n) is 3.27. The van der Waals surface area contributed by atoms with Crippen molar-refractivity contribution >= 4 is 33.9 Å². The molecule has 0 aliphatic heterocycles. The van der Waals surface area contributed by atoms with E-state index in [2.05, 4.69) is 10.2 Å². The Hall–Kier alpha value is -1.74. The summed E-state index contributed by atoms with van der Waals surface area (Å²) in [6.07, 6.45) is 0. The number of nitrogen functional groups attached to an aromatic ring is 1. The summed E-state index contributed by atoms with van der Waals surface area (Å²) in [5.41, 5.74) is 5.67. The first-order valence-corrected chi connectivity index (χ1v) is 6.50. The minimum atomic E-state index is -0.628. The molecule has 94 valence electrons. The Kier molecular flexibility index (Phi) is 3.72. The molecular formula is C9H7FN4O2S2. The van der Waals surface area contributed by atoms with Crippen molar-refractivity contribution in [2.75, 3.05) is 5.73 Å². The van der Waals surface area contributed by atoms with Gasteiger partial charge in [-0.2, -0.15) is 0 Å². The Morgan fingerprint density at radius 3 is 2.83 bits per heavy atom. The van der Waals surface area contributed by atoms with Gasteiger partial charge < -0.3 is 5.73 Å². The Morgan fingerprint density at radius 2 is 2.22 bits per heavy atom. The third-order valence-corrected chi connectivity index (χ3v) is 3.89. The van der Waals surface area contributed by atoms with Crippen molar-refractivity contribution in [1.29, 1.82) is 0 Å². The standard InChI is InChI=1S/C9H7FN4O2S2/c10-6-1-5(2-7(3-6)14(15)16)4-17-9-13-12-8(11)18-9/h1-3H,4H2,(H2,11,12). The molecule has 2 N–H and O–H groups in total. The Labute approximate surface area is 109 Å². The number of nitrogens with zero attached hydrogens (tertiary/aromatic N) is 3. The van der Waals surface area contributed by atoms with Crippen LogP contribution in [0.2, 0.25) is 0 Å². The Bertz CT molecular complexity index is 590. The van der Waals surface area contributed by atoms with E-state index in [1.807, 2.05) is 0 Å². The van der Waals surface area contributed by atoms with Gasteiger partial charge >= 0.3 is 0 Å². The third kappa shape index (κ3) is 3.14. The largest absolute Gasteiger partial charge is 0.374 e. The van der Waals surface area contributed by atoms with Gasteiger partial charge in [0.05, 0.1) is 11.0 Å². The summed E-state index contributed by atoms with van der Waals surface area (Å²) < 4.78 is 13.8. The average Bonchev–Trinajstić information content (AvgIpc) is 2.72. The molecule has 0 saturated heterocycles. The van der Waals surface area contributed by atoms with Crippen LogP contribution in [0.15, 0.2) is 22.5 Å². The summed E-state index contributed by atoms with van der Waals surface area (Å²) in [4.78, 5) is 9.95. The van der Waals surface area contributed by atoms with Gasteiger partial charge in [0.2, 0.25) is 5.13 Å². The molecular weight excluding hydrogens is 279 g/mol. The van der Waals surface area contributed by atoms with Crippen LogP contribution in [-0.4, -0.2) is 15.1 Å². The number of hydrogen-bond donors (Lipinski definition) is 1. The van der Waals surface area contributed by atoms with Crippen molar-refractivity contribution in [3.8, 4) is 0 Å².